The summed E-state index contributed by atoms with van der Waals surface area (Å²) >= 11 is 12.6. The average Bonchev–Trinajstić information content (AvgIpc) is 3.75. The van der Waals surface area contributed by atoms with Gasteiger partial charge in [0.15, 0.2) is 0 Å². The van der Waals surface area contributed by atoms with Crippen LogP contribution < -0.4 is 0 Å². The Kier molecular flexibility index (Phi) is 8.89. The molecule has 2 aromatic rings. The minimum atomic E-state index is -3.48. The Hall–Kier alpha value is -1.97. The number of sulfonamides is 1. The monoisotopic (exact) mass is 580 g/mol. The van der Waals surface area contributed by atoms with E-state index in [1.165, 1.54) is 4.31 Å². The standard InChI is InChI=1S/C28H34Cl2N2O5S/c1-3-23(17-31(2)38(36,37)24-11-12-24)32-26(19-7-9-21(29)10-8-19)25(20-5-4-6-22(30)15-20)16-28(18-34,13-14-33)27(32)35/h4-10,14-15,23-26,34H,3,11-13,16-18H2,1-2H3/t23-,25+,26+,28-/m0/s1. The molecule has 206 valence electrons. The van der Waals surface area contributed by atoms with Crippen molar-refractivity contribution in [3.05, 3.63) is 69.7 Å². The number of aliphatic hydroxyl groups is 1. The normalized spacial score (nSPS) is 25.0. The molecule has 0 aromatic heterocycles. The van der Waals surface area contributed by atoms with Gasteiger partial charge in [0.2, 0.25) is 15.9 Å². The second-order valence-electron chi connectivity index (χ2n) is 10.5. The summed E-state index contributed by atoms with van der Waals surface area (Å²) in [6.07, 6.45) is 2.53. The number of halogens is 2. The predicted octanol–water partition coefficient (Wildman–Crippen LogP) is 4.82. The third-order valence-electron chi connectivity index (χ3n) is 7.96. The van der Waals surface area contributed by atoms with Gasteiger partial charge in [0.25, 0.3) is 0 Å². The molecule has 0 spiro atoms. The highest BCUT2D eigenvalue weighted by atomic mass is 35.5. The zero-order chi connectivity index (χ0) is 27.7. The largest absolute Gasteiger partial charge is 0.395 e. The van der Waals surface area contributed by atoms with Crippen LogP contribution in [0.2, 0.25) is 10.0 Å². The molecule has 1 saturated heterocycles. The first-order valence-electron chi connectivity index (χ1n) is 12.9. The Bertz CT molecular complexity index is 1270. The Balaban J connectivity index is 1.87. The molecule has 10 heteroatoms. The maximum Gasteiger partial charge on any atom is 0.232 e. The molecular weight excluding hydrogens is 547 g/mol. The van der Waals surface area contributed by atoms with E-state index in [0.29, 0.717) is 35.6 Å². The molecule has 1 aliphatic heterocycles. The number of carbonyl (C=O) groups is 2. The van der Waals surface area contributed by atoms with Gasteiger partial charge in [0, 0.05) is 42.0 Å². The lowest BCUT2D eigenvalue weighted by Gasteiger charge is -2.52. The Labute approximate surface area is 234 Å². The lowest BCUT2D eigenvalue weighted by atomic mass is 9.66. The molecule has 4 atom stereocenters. The van der Waals surface area contributed by atoms with Gasteiger partial charge in [-0.3, -0.25) is 4.79 Å². The van der Waals surface area contributed by atoms with Crippen LogP contribution in [0.15, 0.2) is 48.5 Å². The maximum absolute atomic E-state index is 14.3. The lowest BCUT2D eigenvalue weighted by Crippen LogP contribution is -2.59. The van der Waals surface area contributed by atoms with Crippen LogP contribution in [0.25, 0.3) is 0 Å². The molecule has 2 aliphatic rings. The zero-order valence-corrected chi connectivity index (χ0v) is 23.9. The molecule has 0 unspecified atom stereocenters. The van der Waals surface area contributed by atoms with Gasteiger partial charge >= 0.3 is 0 Å². The third-order valence-corrected chi connectivity index (χ3v) is 10.8. The van der Waals surface area contributed by atoms with Crippen LogP contribution in [0.1, 0.15) is 62.1 Å². The SMILES string of the molecule is CC[C@@H](CN(C)S(=O)(=O)C1CC1)N1C(=O)[C@@](CO)(CC=O)C[C@H](c2cccc(Cl)c2)[C@H]1c1ccc(Cl)cc1. The van der Waals surface area contributed by atoms with Crippen molar-refractivity contribution in [1.29, 1.82) is 0 Å². The fraction of sp³-hybridized carbons (Fsp3) is 0.500. The van der Waals surface area contributed by atoms with Crippen molar-refractivity contribution < 1.29 is 23.1 Å². The van der Waals surface area contributed by atoms with Gasteiger partial charge in [-0.15, -0.1) is 0 Å². The molecule has 1 N–H and O–H groups in total. The quantitative estimate of drug-likeness (QED) is 0.384. The van der Waals surface area contributed by atoms with E-state index in [9.17, 15) is 23.1 Å². The Morgan fingerprint density at radius 2 is 1.82 bits per heavy atom. The lowest BCUT2D eigenvalue weighted by molar-refractivity contribution is -0.161. The second kappa shape index (κ2) is 11.6. The van der Waals surface area contributed by atoms with E-state index in [-0.39, 0.29) is 36.5 Å². The number of nitrogens with zero attached hydrogens (tertiary/aromatic N) is 2. The summed E-state index contributed by atoms with van der Waals surface area (Å²) in [6, 6.07) is 13.7. The maximum atomic E-state index is 14.3. The number of amides is 1. The highest BCUT2D eigenvalue weighted by Crippen LogP contribution is 2.52. The number of hydrogen-bond acceptors (Lipinski definition) is 5. The van der Waals surface area contributed by atoms with Crippen LogP contribution in [0.3, 0.4) is 0 Å². The number of likely N-dealkylation sites (N-methyl/N-ethyl adjacent to an activating group) is 1. The van der Waals surface area contributed by atoms with Crippen molar-refractivity contribution in [2.75, 3.05) is 20.2 Å². The number of rotatable bonds is 11. The predicted molar refractivity (Wildman–Crippen MR) is 149 cm³/mol. The summed E-state index contributed by atoms with van der Waals surface area (Å²) in [4.78, 5) is 27.8. The summed E-state index contributed by atoms with van der Waals surface area (Å²) in [5.41, 5.74) is 0.364. The van der Waals surface area contributed by atoms with E-state index in [4.69, 9.17) is 23.2 Å². The van der Waals surface area contributed by atoms with E-state index in [0.717, 1.165) is 11.1 Å². The first-order valence-corrected chi connectivity index (χ1v) is 15.2. The van der Waals surface area contributed by atoms with Crippen molar-refractivity contribution >= 4 is 45.4 Å². The molecule has 1 amide bonds. The van der Waals surface area contributed by atoms with Crippen LogP contribution in [-0.2, 0) is 19.6 Å². The van der Waals surface area contributed by atoms with Gasteiger partial charge in [-0.1, -0.05) is 54.4 Å². The van der Waals surface area contributed by atoms with Crippen LogP contribution in [0, 0.1) is 5.41 Å². The number of aldehydes is 1. The molecule has 1 heterocycles. The van der Waals surface area contributed by atoms with Gasteiger partial charge in [-0.2, -0.15) is 0 Å². The van der Waals surface area contributed by atoms with Gasteiger partial charge in [0.1, 0.15) is 6.29 Å². The van der Waals surface area contributed by atoms with E-state index >= 15 is 0 Å². The number of likely N-dealkylation sites (tertiary alicyclic amines) is 1. The molecule has 2 fully saturated rings. The van der Waals surface area contributed by atoms with Crippen molar-refractivity contribution in [3.8, 4) is 0 Å². The van der Waals surface area contributed by atoms with Gasteiger partial charge < -0.3 is 14.8 Å². The molecule has 38 heavy (non-hydrogen) atoms. The smallest absolute Gasteiger partial charge is 0.232 e. The minimum Gasteiger partial charge on any atom is -0.395 e. The van der Waals surface area contributed by atoms with Crippen molar-refractivity contribution in [3.63, 3.8) is 0 Å². The van der Waals surface area contributed by atoms with E-state index in [2.05, 4.69) is 0 Å². The van der Waals surface area contributed by atoms with Gasteiger partial charge in [0.05, 0.1) is 23.3 Å². The molecule has 4 rings (SSSR count). The van der Waals surface area contributed by atoms with Crippen molar-refractivity contribution in [2.45, 2.75) is 62.3 Å². The highest BCUT2D eigenvalue weighted by Gasteiger charge is 2.54. The highest BCUT2D eigenvalue weighted by molar-refractivity contribution is 7.90. The summed E-state index contributed by atoms with van der Waals surface area (Å²) in [5, 5.41) is 11.3. The zero-order valence-electron chi connectivity index (χ0n) is 21.6. The summed E-state index contributed by atoms with van der Waals surface area (Å²) in [7, 11) is -1.92. The fourth-order valence-electron chi connectivity index (χ4n) is 5.66. The van der Waals surface area contributed by atoms with Gasteiger partial charge in [-0.05, 0) is 61.1 Å². The molecule has 0 radical (unpaired) electrons. The van der Waals surface area contributed by atoms with Crippen molar-refractivity contribution in [1.82, 2.24) is 9.21 Å². The molecule has 2 aromatic carbocycles. The molecular formula is C28H34Cl2N2O5S. The molecule has 7 nitrogen and oxygen atoms in total. The Morgan fingerprint density at radius 3 is 2.37 bits per heavy atom. The Morgan fingerprint density at radius 1 is 1.13 bits per heavy atom. The summed E-state index contributed by atoms with van der Waals surface area (Å²) in [6.45, 7) is 1.52. The fourth-order valence-corrected chi connectivity index (χ4v) is 7.60. The minimum absolute atomic E-state index is 0.107. The second-order valence-corrected chi connectivity index (χ2v) is 13.7. The molecule has 0 bridgehead atoms. The number of benzene rings is 2. The first-order chi connectivity index (χ1) is 18.1. The van der Waals surface area contributed by atoms with E-state index in [1.54, 1.807) is 30.1 Å². The van der Waals surface area contributed by atoms with Gasteiger partial charge in [-0.25, -0.2) is 12.7 Å². The number of aliphatic hydroxyl groups excluding tert-OH is 1. The van der Waals surface area contributed by atoms with E-state index < -0.39 is 34.1 Å². The number of piperidine rings is 1. The van der Waals surface area contributed by atoms with Crippen LogP contribution >= 0.6 is 23.2 Å². The summed E-state index contributed by atoms with van der Waals surface area (Å²) in [5.74, 6) is -0.673. The number of carbonyl (C=O) groups excluding carboxylic acids is 2. The average molecular weight is 582 g/mol. The number of hydrogen-bond donors (Lipinski definition) is 1. The van der Waals surface area contributed by atoms with Crippen LogP contribution in [0.4, 0.5) is 0 Å². The first kappa shape index (κ1) is 29.0. The van der Waals surface area contributed by atoms with Crippen molar-refractivity contribution in [2.24, 2.45) is 5.41 Å². The van der Waals surface area contributed by atoms with E-state index in [1.807, 2.05) is 37.3 Å². The summed E-state index contributed by atoms with van der Waals surface area (Å²) < 4.78 is 27.4. The van der Waals surface area contributed by atoms with Crippen LogP contribution in [0.5, 0.6) is 0 Å². The van der Waals surface area contributed by atoms with Crippen LogP contribution in [-0.4, -0.2) is 66.4 Å². The topological polar surface area (TPSA) is 95.0 Å². The third kappa shape index (κ3) is 5.65. The molecule has 1 aliphatic carbocycles. The molecule has 1 saturated carbocycles.